The molecule has 8 nitrogen and oxygen atoms in total. The highest BCUT2D eigenvalue weighted by molar-refractivity contribution is 5.97. The molecule has 0 spiro atoms. The van der Waals surface area contributed by atoms with Gasteiger partial charge in [-0.2, -0.15) is 0 Å². The van der Waals surface area contributed by atoms with E-state index in [1.807, 2.05) is 6.07 Å². The summed E-state index contributed by atoms with van der Waals surface area (Å²) in [5, 5.41) is 14.6. The van der Waals surface area contributed by atoms with Crippen molar-refractivity contribution in [3.05, 3.63) is 53.6 Å². The van der Waals surface area contributed by atoms with Gasteiger partial charge in [-0.05, 0) is 36.8 Å². The molecule has 2 aromatic carbocycles. The number of benzene rings is 2. The van der Waals surface area contributed by atoms with Crippen molar-refractivity contribution in [1.82, 2.24) is 5.32 Å². The molecule has 3 rings (SSSR count). The largest absolute Gasteiger partial charge is 0.454 e. The number of rotatable bonds is 8. The first-order chi connectivity index (χ1) is 13.6. The molecule has 1 amide bonds. The van der Waals surface area contributed by atoms with E-state index in [1.54, 1.807) is 36.4 Å². The molecule has 0 aromatic heterocycles. The summed E-state index contributed by atoms with van der Waals surface area (Å²) in [6.07, 6.45) is -0.965. The summed E-state index contributed by atoms with van der Waals surface area (Å²) < 4.78 is 15.8. The van der Waals surface area contributed by atoms with E-state index in [-0.39, 0.29) is 19.9 Å². The zero-order valence-electron chi connectivity index (χ0n) is 15.4. The molecule has 0 bridgehead atoms. The molecule has 28 heavy (non-hydrogen) atoms. The molecule has 3 N–H and O–H groups in total. The highest BCUT2D eigenvalue weighted by atomic mass is 16.7. The molecule has 0 saturated carbocycles. The summed E-state index contributed by atoms with van der Waals surface area (Å²) in [6, 6.07) is 12.2. The number of esters is 1. The van der Waals surface area contributed by atoms with Gasteiger partial charge in [-0.25, -0.2) is 4.79 Å². The fraction of sp³-hybridized carbons (Fsp3) is 0.300. The topological polar surface area (TPSA) is 106 Å². The minimum atomic E-state index is -0.965. The molecule has 2 aromatic rings. The number of aliphatic hydroxyl groups is 1. The lowest BCUT2D eigenvalue weighted by Crippen LogP contribution is -2.35. The minimum Gasteiger partial charge on any atom is -0.454 e. The number of hydrogen-bond donors (Lipinski definition) is 3. The van der Waals surface area contributed by atoms with E-state index < -0.39 is 18.0 Å². The molecular formula is C20H22N2O6. The number of amides is 1. The second kappa shape index (κ2) is 9.09. The third-order valence-electron chi connectivity index (χ3n) is 4.13. The Labute approximate surface area is 162 Å². The lowest BCUT2D eigenvalue weighted by molar-refractivity contribution is -0.129. The monoisotopic (exact) mass is 386 g/mol. The third-order valence-corrected chi connectivity index (χ3v) is 4.13. The van der Waals surface area contributed by atoms with Crippen LogP contribution in [0.3, 0.4) is 0 Å². The average Bonchev–Trinajstić information content (AvgIpc) is 3.18. The average molecular weight is 386 g/mol. The number of ether oxygens (including phenoxy) is 3. The van der Waals surface area contributed by atoms with Gasteiger partial charge in [0.15, 0.2) is 17.6 Å². The highest BCUT2D eigenvalue weighted by Gasteiger charge is 2.21. The summed E-state index contributed by atoms with van der Waals surface area (Å²) in [4.78, 5) is 24.7. The fourth-order valence-electron chi connectivity index (χ4n) is 2.67. The number of nitrogens with one attached hydrogen (secondary N) is 2. The molecule has 1 aliphatic heterocycles. The first-order valence-corrected chi connectivity index (χ1v) is 8.89. The van der Waals surface area contributed by atoms with Crippen molar-refractivity contribution in [2.75, 3.05) is 25.3 Å². The molecule has 148 valence electrons. The highest BCUT2D eigenvalue weighted by Crippen LogP contribution is 2.32. The molecule has 1 atom stereocenters. The Morgan fingerprint density at radius 1 is 1.18 bits per heavy atom. The van der Waals surface area contributed by atoms with Gasteiger partial charge in [0, 0.05) is 18.8 Å². The summed E-state index contributed by atoms with van der Waals surface area (Å²) in [5.74, 6) is 0.280. The third kappa shape index (κ3) is 4.72. The first kappa shape index (κ1) is 19.5. The number of aliphatic hydroxyl groups excluding tert-OH is 1. The number of anilines is 1. The predicted octanol–water partition coefficient (Wildman–Crippen LogP) is 1.68. The van der Waals surface area contributed by atoms with Crippen molar-refractivity contribution in [3.63, 3.8) is 0 Å². The van der Waals surface area contributed by atoms with Gasteiger partial charge in [-0.3, -0.25) is 4.79 Å². The van der Waals surface area contributed by atoms with Gasteiger partial charge in [0.25, 0.3) is 5.91 Å². The summed E-state index contributed by atoms with van der Waals surface area (Å²) >= 11 is 0. The maximum atomic E-state index is 12.4. The fourth-order valence-corrected chi connectivity index (χ4v) is 2.67. The summed E-state index contributed by atoms with van der Waals surface area (Å²) in [6.45, 7) is 2.20. The minimum absolute atomic E-state index is 0.0674. The Kier molecular flexibility index (Phi) is 6.33. The lowest BCUT2D eigenvalue weighted by atomic mass is 10.1. The van der Waals surface area contributed by atoms with Gasteiger partial charge in [0.05, 0.1) is 12.2 Å². The van der Waals surface area contributed by atoms with Crippen LogP contribution in [0, 0.1) is 0 Å². The number of hydrogen-bond acceptors (Lipinski definition) is 7. The summed E-state index contributed by atoms with van der Waals surface area (Å²) in [7, 11) is 0. The number of carbonyl (C=O) groups excluding carboxylic acids is 2. The Balaban J connectivity index is 1.54. The smallest absolute Gasteiger partial charge is 0.341 e. The van der Waals surface area contributed by atoms with Crippen LogP contribution < -0.4 is 20.1 Å². The van der Waals surface area contributed by atoms with Crippen LogP contribution in [0.2, 0.25) is 0 Å². The molecule has 1 aliphatic rings. The second-order valence-electron chi connectivity index (χ2n) is 6.15. The zero-order chi connectivity index (χ0) is 19.9. The number of para-hydroxylation sites is 1. The quantitative estimate of drug-likeness (QED) is 0.593. The molecule has 0 aliphatic carbocycles. The van der Waals surface area contributed by atoms with E-state index in [0.717, 1.165) is 5.56 Å². The second-order valence-corrected chi connectivity index (χ2v) is 6.15. The van der Waals surface area contributed by atoms with Crippen LogP contribution in [0.5, 0.6) is 11.5 Å². The van der Waals surface area contributed by atoms with E-state index in [4.69, 9.17) is 19.3 Å². The van der Waals surface area contributed by atoms with Gasteiger partial charge in [0.2, 0.25) is 6.79 Å². The van der Waals surface area contributed by atoms with Crippen LogP contribution in [0.25, 0.3) is 0 Å². The van der Waals surface area contributed by atoms with Gasteiger partial charge >= 0.3 is 5.97 Å². The Morgan fingerprint density at radius 3 is 2.79 bits per heavy atom. The molecule has 0 saturated heterocycles. The van der Waals surface area contributed by atoms with Crippen LogP contribution in [0.15, 0.2) is 42.5 Å². The van der Waals surface area contributed by atoms with Crippen molar-refractivity contribution in [2.24, 2.45) is 0 Å². The lowest BCUT2D eigenvalue weighted by Gasteiger charge is -2.15. The molecular weight excluding hydrogens is 364 g/mol. The molecule has 1 heterocycles. The van der Waals surface area contributed by atoms with Crippen LogP contribution in [-0.4, -0.2) is 43.0 Å². The SMILES string of the molecule is CC(OC(=O)c1ccccc1NCCO)C(=O)NCc1ccc2c(c1)OCO2. The zero-order valence-corrected chi connectivity index (χ0v) is 15.4. The van der Waals surface area contributed by atoms with Gasteiger partial charge in [-0.15, -0.1) is 0 Å². The maximum absolute atomic E-state index is 12.4. The van der Waals surface area contributed by atoms with Gasteiger partial charge in [0.1, 0.15) is 0 Å². The molecule has 8 heteroatoms. The van der Waals surface area contributed by atoms with Crippen molar-refractivity contribution >= 4 is 17.6 Å². The predicted molar refractivity (Wildman–Crippen MR) is 101 cm³/mol. The van der Waals surface area contributed by atoms with E-state index >= 15 is 0 Å². The molecule has 1 unspecified atom stereocenters. The van der Waals surface area contributed by atoms with Gasteiger partial charge in [-0.1, -0.05) is 18.2 Å². The van der Waals surface area contributed by atoms with E-state index in [9.17, 15) is 9.59 Å². The van der Waals surface area contributed by atoms with Crippen molar-refractivity contribution in [3.8, 4) is 11.5 Å². The van der Waals surface area contributed by atoms with Crippen LogP contribution >= 0.6 is 0 Å². The standard InChI is InChI=1S/C20H22N2O6/c1-13(28-20(25)15-4-2-3-5-16(15)21-8-9-23)19(24)22-11-14-6-7-17-18(10-14)27-12-26-17/h2-7,10,13,21,23H,8-9,11-12H2,1H3,(H,22,24). The number of fused-ring (bicyclic) bond motifs is 1. The van der Waals surface area contributed by atoms with Crippen LogP contribution in [-0.2, 0) is 16.1 Å². The number of carbonyl (C=O) groups is 2. The van der Waals surface area contributed by atoms with Crippen molar-refractivity contribution < 1.29 is 28.9 Å². The van der Waals surface area contributed by atoms with E-state index in [0.29, 0.717) is 29.3 Å². The Morgan fingerprint density at radius 2 is 1.96 bits per heavy atom. The first-order valence-electron chi connectivity index (χ1n) is 8.89. The van der Waals surface area contributed by atoms with Crippen LogP contribution in [0.1, 0.15) is 22.8 Å². The van der Waals surface area contributed by atoms with Gasteiger partial charge < -0.3 is 30.0 Å². The van der Waals surface area contributed by atoms with E-state index in [1.165, 1.54) is 6.92 Å². The Bertz CT molecular complexity index is 854. The Hall–Kier alpha value is -3.26. The van der Waals surface area contributed by atoms with Crippen LogP contribution in [0.4, 0.5) is 5.69 Å². The normalized spacial score (nSPS) is 12.9. The molecule has 0 fully saturated rings. The van der Waals surface area contributed by atoms with Crippen molar-refractivity contribution in [1.29, 1.82) is 0 Å². The van der Waals surface area contributed by atoms with E-state index in [2.05, 4.69) is 10.6 Å². The maximum Gasteiger partial charge on any atom is 0.341 e. The van der Waals surface area contributed by atoms with Crippen molar-refractivity contribution in [2.45, 2.75) is 19.6 Å². The summed E-state index contributed by atoms with van der Waals surface area (Å²) in [5.41, 5.74) is 1.68. The molecule has 0 radical (unpaired) electrons.